The summed E-state index contributed by atoms with van der Waals surface area (Å²) in [6, 6.07) is 7.51. The zero-order chi connectivity index (χ0) is 26.4. The van der Waals surface area contributed by atoms with E-state index < -0.39 is 18.3 Å². The second-order valence-corrected chi connectivity index (χ2v) is 9.98. The van der Waals surface area contributed by atoms with Crippen LogP contribution >= 0.6 is 0 Å². The standard InChI is InChI=1S/C25H27F3N6O3/c1-24(2,3)37-23(35)32-9-6-16(7-10-32)17-4-5-21-20(12-17)34-18(8-11-36-21)13-19(31-34)22-29-15-30-33(22)14-25(26,27)28/h4-6,12-13,15H,7-11,14H2,1-3H3. The Bertz CT molecular complexity index is 1350. The Morgan fingerprint density at radius 2 is 1.97 bits per heavy atom. The molecule has 0 spiro atoms. The molecule has 1 aromatic carbocycles. The van der Waals surface area contributed by atoms with Gasteiger partial charge in [-0.15, -0.1) is 0 Å². The van der Waals surface area contributed by atoms with Gasteiger partial charge in [-0.1, -0.05) is 12.1 Å². The number of ether oxygens (including phenoxy) is 2. The van der Waals surface area contributed by atoms with Gasteiger partial charge in [-0.25, -0.2) is 19.1 Å². The molecule has 1 amide bonds. The van der Waals surface area contributed by atoms with Gasteiger partial charge in [0.2, 0.25) is 0 Å². The van der Waals surface area contributed by atoms with Crippen LogP contribution in [0.15, 0.2) is 36.7 Å². The molecular formula is C25H27F3N6O3. The van der Waals surface area contributed by atoms with Gasteiger partial charge in [0, 0.05) is 25.2 Å². The Kier molecular flexibility index (Phi) is 6.20. The lowest BCUT2D eigenvalue weighted by Gasteiger charge is -2.29. The molecule has 2 aromatic heterocycles. The van der Waals surface area contributed by atoms with Gasteiger partial charge >= 0.3 is 12.3 Å². The molecule has 9 nitrogen and oxygen atoms in total. The first-order chi connectivity index (χ1) is 17.5. The van der Waals surface area contributed by atoms with Crippen molar-refractivity contribution in [1.29, 1.82) is 0 Å². The number of rotatable bonds is 3. The number of aromatic nitrogens is 5. The van der Waals surface area contributed by atoms with Crippen LogP contribution in [-0.2, 0) is 17.7 Å². The maximum Gasteiger partial charge on any atom is 0.410 e. The molecule has 0 radical (unpaired) electrons. The summed E-state index contributed by atoms with van der Waals surface area (Å²) >= 11 is 0. The van der Waals surface area contributed by atoms with Crippen LogP contribution < -0.4 is 4.74 Å². The van der Waals surface area contributed by atoms with Gasteiger partial charge in [0.1, 0.15) is 35.6 Å². The number of hydrogen-bond donors (Lipinski definition) is 0. The average molecular weight is 517 g/mol. The minimum atomic E-state index is -4.43. The molecule has 0 fully saturated rings. The highest BCUT2D eigenvalue weighted by atomic mass is 19.4. The van der Waals surface area contributed by atoms with Crippen molar-refractivity contribution in [3.8, 4) is 23.0 Å². The van der Waals surface area contributed by atoms with Gasteiger partial charge in [-0.2, -0.15) is 23.4 Å². The molecule has 0 aliphatic carbocycles. The highest BCUT2D eigenvalue weighted by molar-refractivity contribution is 5.74. The Morgan fingerprint density at radius 3 is 2.68 bits per heavy atom. The molecule has 3 aromatic rings. The molecule has 0 saturated carbocycles. The third-order valence-electron chi connectivity index (χ3n) is 5.99. The predicted molar refractivity (Wildman–Crippen MR) is 128 cm³/mol. The number of carbonyl (C=O) groups is 1. The number of benzene rings is 1. The van der Waals surface area contributed by atoms with Crippen molar-refractivity contribution in [3.63, 3.8) is 0 Å². The molecule has 37 heavy (non-hydrogen) atoms. The quantitative estimate of drug-likeness (QED) is 0.504. The number of amides is 1. The first-order valence-corrected chi connectivity index (χ1v) is 12.0. The molecule has 2 aliphatic heterocycles. The van der Waals surface area contributed by atoms with E-state index in [2.05, 4.69) is 15.2 Å². The zero-order valence-corrected chi connectivity index (χ0v) is 20.7. The van der Waals surface area contributed by atoms with Crippen LogP contribution in [-0.4, -0.2) is 67.0 Å². The van der Waals surface area contributed by atoms with Crippen molar-refractivity contribution >= 4 is 11.7 Å². The van der Waals surface area contributed by atoms with Crippen molar-refractivity contribution in [2.75, 3.05) is 19.7 Å². The fraction of sp³-hybridized carbons (Fsp3) is 0.440. The molecule has 12 heteroatoms. The molecule has 0 atom stereocenters. The number of halogens is 3. The van der Waals surface area contributed by atoms with E-state index in [4.69, 9.17) is 9.47 Å². The largest absolute Gasteiger partial charge is 0.491 e. The summed E-state index contributed by atoms with van der Waals surface area (Å²) in [6.07, 6.45) is -0.500. The number of alkyl halides is 3. The highest BCUT2D eigenvalue weighted by Crippen LogP contribution is 2.34. The molecule has 5 rings (SSSR count). The zero-order valence-electron chi connectivity index (χ0n) is 20.7. The van der Waals surface area contributed by atoms with Gasteiger partial charge in [0.05, 0.1) is 6.61 Å². The molecule has 0 N–H and O–H groups in total. The molecule has 0 bridgehead atoms. The van der Waals surface area contributed by atoms with E-state index in [1.54, 1.807) is 15.6 Å². The Balaban J connectivity index is 1.43. The third-order valence-corrected chi connectivity index (χ3v) is 5.99. The monoisotopic (exact) mass is 516 g/mol. The number of nitrogens with zero attached hydrogens (tertiary/aromatic N) is 6. The van der Waals surface area contributed by atoms with E-state index >= 15 is 0 Å². The van der Waals surface area contributed by atoms with E-state index in [9.17, 15) is 18.0 Å². The van der Waals surface area contributed by atoms with Gasteiger partial charge in [0.15, 0.2) is 5.82 Å². The topological polar surface area (TPSA) is 87.3 Å². The predicted octanol–water partition coefficient (Wildman–Crippen LogP) is 4.65. The molecule has 196 valence electrons. The van der Waals surface area contributed by atoms with Crippen LogP contribution in [0.3, 0.4) is 0 Å². The SMILES string of the molecule is CC(C)(C)OC(=O)N1CC=C(c2ccc3c(c2)-n2nc(-c4ncnn4CC(F)(F)F)cc2CCO3)CC1. The summed E-state index contributed by atoms with van der Waals surface area (Å²) < 4.78 is 52.9. The average Bonchev–Trinajstić information content (AvgIpc) is 3.40. The summed E-state index contributed by atoms with van der Waals surface area (Å²) in [5.41, 5.74) is 3.26. The molecule has 0 unspecified atom stereocenters. The van der Waals surface area contributed by atoms with E-state index in [0.29, 0.717) is 49.7 Å². The van der Waals surface area contributed by atoms with Gasteiger partial charge < -0.3 is 14.4 Å². The maximum absolute atomic E-state index is 13.0. The van der Waals surface area contributed by atoms with Crippen molar-refractivity contribution in [2.45, 2.75) is 51.9 Å². The van der Waals surface area contributed by atoms with Gasteiger partial charge in [-0.05, 0) is 56.5 Å². The first kappa shape index (κ1) is 24.8. The van der Waals surface area contributed by atoms with E-state index in [1.165, 1.54) is 0 Å². The number of hydrogen-bond acceptors (Lipinski definition) is 6. The Morgan fingerprint density at radius 1 is 1.16 bits per heavy atom. The van der Waals surface area contributed by atoms with Crippen LogP contribution in [0.2, 0.25) is 0 Å². The summed E-state index contributed by atoms with van der Waals surface area (Å²) in [7, 11) is 0. The fourth-order valence-corrected chi connectivity index (χ4v) is 4.36. The second-order valence-electron chi connectivity index (χ2n) is 9.98. The Hall–Kier alpha value is -3.83. The van der Waals surface area contributed by atoms with Crippen molar-refractivity contribution in [3.05, 3.63) is 47.9 Å². The van der Waals surface area contributed by atoms with Crippen molar-refractivity contribution in [2.24, 2.45) is 0 Å². The van der Waals surface area contributed by atoms with E-state index in [0.717, 1.165) is 27.8 Å². The van der Waals surface area contributed by atoms with Crippen LogP contribution in [0, 0.1) is 0 Å². The number of fused-ring (bicyclic) bond motifs is 3. The molecular weight excluding hydrogens is 489 g/mol. The lowest BCUT2D eigenvalue weighted by atomic mass is 9.99. The van der Waals surface area contributed by atoms with E-state index in [1.807, 2.05) is 45.0 Å². The normalized spacial score (nSPS) is 15.8. The summed E-state index contributed by atoms with van der Waals surface area (Å²) in [5.74, 6) is 0.675. The molecule has 0 saturated heterocycles. The van der Waals surface area contributed by atoms with Crippen molar-refractivity contribution in [1.82, 2.24) is 29.4 Å². The van der Waals surface area contributed by atoms with Crippen LogP contribution in [0.5, 0.6) is 5.75 Å². The first-order valence-electron chi connectivity index (χ1n) is 12.0. The molecule has 2 aliphatic rings. The highest BCUT2D eigenvalue weighted by Gasteiger charge is 2.31. The van der Waals surface area contributed by atoms with Gasteiger partial charge in [-0.3, -0.25) is 0 Å². The maximum atomic E-state index is 13.0. The fourth-order valence-electron chi connectivity index (χ4n) is 4.36. The third kappa shape index (κ3) is 5.47. The van der Waals surface area contributed by atoms with E-state index in [-0.39, 0.29) is 11.9 Å². The summed E-state index contributed by atoms with van der Waals surface area (Å²) in [4.78, 5) is 18.1. The van der Waals surface area contributed by atoms with Crippen LogP contribution in [0.25, 0.3) is 22.8 Å². The molecule has 4 heterocycles. The van der Waals surface area contributed by atoms with Crippen LogP contribution in [0.4, 0.5) is 18.0 Å². The van der Waals surface area contributed by atoms with Gasteiger partial charge in [0.25, 0.3) is 0 Å². The Labute approximate surface area is 211 Å². The second kappa shape index (κ2) is 9.24. The number of carbonyl (C=O) groups excluding carboxylic acids is 1. The lowest BCUT2D eigenvalue weighted by Crippen LogP contribution is -2.39. The summed E-state index contributed by atoms with van der Waals surface area (Å²) in [5, 5.41) is 8.33. The lowest BCUT2D eigenvalue weighted by molar-refractivity contribution is -0.142. The minimum Gasteiger partial charge on any atom is -0.491 e. The van der Waals surface area contributed by atoms with Crippen molar-refractivity contribution < 1.29 is 27.4 Å². The summed E-state index contributed by atoms with van der Waals surface area (Å²) in [6.45, 7) is 5.63. The van der Waals surface area contributed by atoms with Crippen LogP contribution in [0.1, 0.15) is 38.4 Å². The smallest absolute Gasteiger partial charge is 0.410 e. The minimum absolute atomic E-state index is 0.0498.